The number of fused-ring (bicyclic) bond motifs is 1. The molecule has 0 unspecified atom stereocenters. The van der Waals surface area contributed by atoms with Crippen molar-refractivity contribution in [3.05, 3.63) is 36.5 Å². The number of pyridine rings is 1. The zero-order valence-corrected chi connectivity index (χ0v) is 11.0. The van der Waals surface area contributed by atoms with E-state index in [0.717, 1.165) is 44.9 Å². The molecule has 1 aliphatic rings. The molecule has 3 rings (SSSR count). The number of aromatic nitrogens is 1. The number of hydrogen-bond donors (Lipinski definition) is 1. The third kappa shape index (κ3) is 3.03. The summed E-state index contributed by atoms with van der Waals surface area (Å²) >= 11 is 0. The van der Waals surface area contributed by atoms with Gasteiger partial charge in [-0.3, -0.25) is 9.88 Å². The molecule has 1 N–H and O–H groups in total. The number of benzene rings is 1. The second kappa shape index (κ2) is 5.99. The first-order valence-corrected chi connectivity index (χ1v) is 6.81. The zero-order chi connectivity index (χ0) is 12.9. The highest BCUT2D eigenvalue weighted by Gasteiger charge is 2.09. The van der Waals surface area contributed by atoms with E-state index in [1.807, 2.05) is 24.4 Å². The molecule has 4 heteroatoms. The molecule has 1 saturated heterocycles. The molecule has 1 fully saturated rings. The van der Waals surface area contributed by atoms with E-state index in [1.165, 1.54) is 11.1 Å². The molecule has 0 bridgehead atoms. The van der Waals surface area contributed by atoms with Crippen molar-refractivity contribution in [3.63, 3.8) is 0 Å². The van der Waals surface area contributed by atoms with Crippen LogP contribution < -0.4 is 5.32 Å². The normalized spacial score (nSPS) is 16.6. The summed E-state index contributed by atoms with van der Waals surface area (Å²) in [5.41, 5.74) is 2.21. The Labute approximate surface area is 113 Å². The fourth-order valence-electron chi connectivity index (χ4n) is 2.42. The van der Waals surface area contributed by atoms with Gasteiger partial charge in [0.2, 0.25) is 0 Å². The lowest BCUT2D eigenvalue weighted by Crippen LogP contribution is -2.39. The maximum Gasteiger partial charge on any atom is 0.0722 e. The molecule has 0 radical (unpaired) electrons. The molecular weight excluding hydrogens is 238 g/mol. The number of nitrogens with zero attached hydrogens (tertiary/aromatic N) is 2. The molecule has 0 spiro atoms. The largest absolute Gasteiger partial charge is 0.383 e. The Hall–Kier alpha value is -1.65. The van der Waals surface area contributed by atoms with Gasteiger partial charge >= 0.3 is 0 Å². The Kier molecular flexibility index (Phi) is 3.91. The van der Waals surface area contributed by atoms with Gasteiger partial charge in [0, 0.05) is 43.4 Å². The molecule has 1 aromatic heterocycles. The van der Waals surface area contributed by atoms with Crippen LogP contribution in [0, 0.1) is 0 Å². The van der Waals surface area contributed by atoms with Gasteiger partial charge in [-0.05, 0) is 12.1 Å². The molecule has 0 aliphatic carbocycles. The van der Waals surface area contributed by atoms with Gasteiger partial charge in [-0.1, -0.05) is 18.2 Å². The number of hydrogen-bond acceptors (Lipinski definition) is 4. The van der Waals surface area contributed by atoms with Crippen LogP contribution in [0.25, 0.3) is 10.9 Å². The van der Waals surface area contributed by atoms with Gasteiger partial charge < -0.3 is 10.1 Å². The molecule has 1 aromatic carbocycles. The number of nitrogens with one attached hydrogen (secondary N) is 1. The molecule has 0 atom stereocenters. The minimum atomic E-state index is 0.859. The van der Waals surface area contributed by atoms with Crippen molar-refractivity contribution in [2.24, 2.45) is 0 Å². The summed E-state index contributed by atoms with van der Waals surface area (Å²) in [6.07, 6.45) is 1.86. The number of ether oxygens (including phenoxy) is 1. The first-order valence-electron chi connectivity index (χ1n) is 6.81. The third-order valence-corrected chi connectivity index (χ3v) is 3.50. The Morgan fingerprint density at radius 2 is 2.00 bits per heavy atom. The van der Waals surface area contributed by atoms with E-state index in [0.29, 0.717) is 0 Å². The van der Waals surface area contributed by atoms with Gasteiger partial charge in [0.05, 0.1) is 18.7 Å². The fourth-order valence-corrected chi connectivity index (χ4v) is 2.42. The van der Waals surface area contributed by atoms with Crippen molar-refractivity contribution in [1.82, 2.24) is 9.88 Å². The molecule has 1 aliphatic heterocycles. The van der Waals surface area contributed by atoms with Gasteiger partial charge in [0.25, 0.3) is 0 Å². The van der Waals surface area contributed by atoms with E-state index in [2.05, 4.69) is 27.3 Å². The Bertz CT molecular complexity index is 532. The quantitative estimate of drug-likeness (QED) is 0.909. The molecule has 100 valence electrons. The summed E-state index contributed by atoms with van der Waals surface area (Å²) in [7, 11) is 0. The SMILES string of the molecule is c1ccc2c(NCCN3CCOCC3)ccnc2c1. The Balaban J connectivity index is 1.62. The predicted octanol–water partition coefficient (Wildman–Crippen LogP) is 1.98. The molecule has 0 saturated carbocycles. The minimum Gasteiger partial charge on any atom is -0.383 e. The van der Waals surface area contributed by atoms with E-state index < -0.39 is 0 Å². The van der Waals surface area contributed by atoms with Crippen LogP contribution in [0.2, 0.25) is 0 Å². The van der Waals surface area contributed by atoms with Crippen molar-refractivity contribution < 1.29 is 4.74 Å². The van der Waals surface area contributed by atoms with E-state index in [1.54, 1.807) is 0 Å². The van der Waals surface area contributed by atoms with E-state index in [-0.39, 0.29) is 0 Å². The number of morpholine rings is 1. The van der Waals surface area contributed by atoms with Crippen LogP contribution in [0.5, 0.6) is 0 Å². The highest BCUT2D eigenvalue weighted by Crippen LogP contribution is 2.20. The standard InChI is InChI=1S/C15H19N3O/c1-2-4-14-13(3-1)15(5-6-16-14)17-7-8-18-9-11-19-12-10-18/h1-6H,7-12H2,(H,16,17). The van der Waals surface area contributed by atoms with Crippen LogP contribution in [-0.4, -0.2) is 49.3 Å². The summed E-state index contributed by atoms with van der Waals surface area (Å²) in [6, 6.07) is 10.3. The third-order valence-electron chi connectivity index (χ3n) is 3.50. The molecular formula is C15H19N3O. The first kappa shape index (κ1) is 12.4. The Morgan fingerprint density at radius 1 is 1.16 bits per heavy atom. The lowest BCUT2D eigenvalue weighted by atomic mass is 10.2. The molecule has 2 heterocycles. The number of anilines is 1. The smallest absolute Gasteiger partial charge is 0.0722 e. The van der Waals surface area contributed by atoms with E-state index in [9.17, 15) is 0 Å². The summed E-state index contributed by atoms with van der Waals surface area (Å²) in [5, 5.41) is 4.70. The van der Waals surface area contributed by atoms with Crippen molar-refractivity contribution in [1.29, 1.82) is 0 Å². The van der Waals surface area contributed by atoms with Gasteiger partial charge in [-0.25, -0.2) is 0 Å². The van der Waals surface area contributed by atoms with Crippen LogP contribution in [0.15, 0.2) is 36.5 Å². The van der Waals surface area contributed by atoms with Crippen molar-refractivity contribution in [2.75, 3.05) is 44.7 Å². The summed E-state index contributed by atoms with van der Waals surface area (Å²) in [5.74, 6) is 0. The highest BCUT2D eigenvalue weighted by molar-refractivity contribution is 5.90. The van der Waals surface area contributed by atoms with Crippen molar-refractivity contribution in [3.8, 4) is 0 Å². The first-order chi connectivity index (χ1) is 9.43. The summed E-state index contributed by atoms with van der Waals surface area (Å²) in [4.78, 5) is 6.80. The van der Waals surface area contributed by atoms with Gasteiger partial charge in [0.1, 0.15) is 0 Å². The van der Waals surface area contributed by atoms with Crippen LogP contribution in [-0.2, 0) is 4.74 Å². The predicted molar refractivity (Wildman–Crippen MR) is 77.5 cm³/mol. The number of rotatable bonds is 4. The zero-order valence-electron chi connectivity index (χ0n) is 11.0. The molecule has 4 nitrogen and oxygen atoms in total. The topological polar surface area (TPSA) is 37.4 Å². The molecule has 2 aromatic rings. The number of para-hydroxylation sites is 1. The van der Waals surface area contributed by atoms with Crippen LogP contribution in [0.1, 0.15) is 0 Å². The van der Waals surface area contributed by atoms with Gasteiger partial charge in [0.15, 0.2) is 0 Å². The van der Waals surface area contributed by atoms with Gasteiger partial charge in [-0.15, -0.1) is 0 Å². The molecule has 19 heavy (non-hydrogen) atoms. The van der Waals surface area contributed by atoms with Gasteiger partial charge in [-0.2, -0.15) is 0 Å². The lowest BCUT2D eigenvalue weighted by molar-refractivity contribution is 0.0398. The fraction of sp³-hybridized carbons (Fsp3) is 0.400. The monoisotopic (exact) mass is 257 g/mol. The summed E-state index contributed by atoms with van der Waals surface area (Å²) < 4.78 is 5.35. The van der Waals surface area contributed by atoms with E-state index in [4.69, 9.17) is 4.74 Å². The average Bonchev–Trinajstić information content (AvgIpc) is 2.49. The second-order valence-electron chi connectivity index (χ2n) is 4.76. The second-order valence-corrected chi connectivity index (χ2v) is 4.76. The maximum atomic E-state index is 5.35. The van der Waals surface area contributed by atoms with Crippen LogP contribution >= 0.6 is 0 Å². The minimum absolute atomic E-state index is 0.859. The van der Waals surface area contributed by atoms with Crippen molar-refractivity contribution >= 4 is 16.6 Å². The van der Waals surface area contributed by atoms with E-state index >= 15 is 0 Å². The lowest BCUT2D eigenvalue weighted by Gasteiger charge is -2.26. The molecule has 0 amide bonds. The van der Waals surface area contributed by atoms with Crippen molar-refractivity contribution in [2.45, 2.75) is 0 Å². The maximum absolute atomic E-state index is 5.35. The summed E-state index contributed by atoms with van der Waals surface area (Å²) in [6.45, 7) is 5.81. The van der Waals surface area contributed by atoms with Crippen LogP contribution in [0.3, 0.4) is 0 Å². The Morgan fingerprint density at radius 3 is 2.89 bits per heavy atom. The van der Waals surface area contributed by atoms with Crippen LogP contribution in [0.4, 0.5) is 5.69 Å². The highest BCUT2D eigenvalue weighted by atomic mass is 16.5. The average molecular weight is 257 g/mol.